The van der Waals surface area contributed by atoms with Gasteiger partial charge >= 0.3 is 5.97 Å². The molecule has 7 heteroatoms. The summed E-state index contributed by atoms with van der Waals surface area (Å²) < 4.78 is 11.8. The van der Waals surface area contributed by atoms with Crippen LogP contribution in [0.2, 0.25) is 0 Å². The van der Waals surface area contributed by atoms with Crippen molar-refractivity contribution in [2.75, 3.05) is 12.1 Å². The maximum absolute atomic E-state index is 13.1. The lowest BCUT2D eigenvalue weighted by Crippen LogP contribution is -2.21. The first kappa shape index (κ1) is 22.7. The molecule has 0 unspecified atom stereocenters. The summed E-state index contributed by atoms with van der Waals surface area (Å²) >= 11 is 2.09. The predicted octanol–water partition coefficient (Wildman–Crippen LogP) is 5.63. The van der Waals surface area contributed by atoms with Crippen molar-refractivity contribution in [3.63, 3.8) is 0 Å². The Morgan fingerprint density at radius 2 is 1.73 bits per heavy atom. The summed E-state index contributed by atoms with van der Waals surface area (Å²) in [7, 11) is 1.51. The molecule has 1 aliphatic heterocycles. The van der Waals surface area contributed by atoms with E-state index in [0.29, 0.717) is 37.6 Å². The van der Waals surface area contributed by atoms with Crippen molar-refractivity contribution in [3.8, 4) is 11.5 Å². The van der Waals surface area contributed by atoms with Crippen molar-refractivity contribution in [1.29, 1.82) is 0 Å². The summed E-state index contributed by atoms with van der Waals surface area (Å²) in [6.07, 6.45) is 1.77. The van der Waals surface area contributed by atoms with Crippen LogP contribution in [0.15, 0.2) is 77.4 Å². The largest absolute Gasteiger partial charge is 0.493 e. The van der Waals surface area contributed by atoms with Gasteiger partial charge in [0.2, 0.25) is 0 Å². The fourth-order valence-corrected chi connectivity index (χ4v) is 4.10. The van der Waals surface area contributed by atoms with Gasteiger partial charge in [0.15, 0.2) is 11.5 Å². The van der Waals surface area contributed by atoms with Crippen LogP contribution in [0.25, 0.3) is 6.08 Å². The average molecular weight is 552 g/mol. The number of hydrazone groups is 1. The fourth-order valence-electron chi connectivity index (χ4n) is 3.36. The first-order valence-electron chi connectivity index (χ1n) is 10.2. The van der Waals surface area contributed by atoms with Crippen LogP contribution in [0.3, 0.4) is 0 Å². The van der Waals surface area contributed by atoms with Crippen molar-refractivity contribution in [1.82, 2.24) is 0 Å². The van der Waals surface area contributed by atoms with E-state index in [-0.39, 0.29) is 5.91 Å². The Bertz CT molecular complexity index is 1280. The number of nitrogens with zero attached hydrogens (tertiary/aromatic N) is 2. The summed E-state index contributed by atoms with van der Waals surface area (Å²) in [5.74, 6) is 0.0532. The van der Waals surface area contributed by atoms with Crippen LogP contribution < -0.4 is 14.5 Å². The maximum Gasteiger partial charge on any atom is 0.343 e. The SMILES string of the molecule is COc1cc(/C=C2/C(=O)N(c3ccc(C)cc3)N=C2C)cc(I)c1OC(=O)c1ccccc1. The van der Waals surface area contributed by atoms with E-state index < -0.39 is 5.97 Å². The number of rotatable bonds is 5. The smallest absolute Gasteiger partial charge is 0.343 e. The third-order valence-corrected chi connectivity index (χ3v) is 5.91. The third kappa shape index (κ3) is 4.83. The highest BCUT2D eigenvalue weighted by Gasteiger charge is 2.29. The quantitative estimate of drug-likeness (QED) is 0.178. The van der Waals surface area contributed by atoms with Gasteiger partial charge in [-0.2, -0.15) is 10.1 Å². The number of halogens is 1. The molecule has 33 heavy (non-hydrogen) atoms. The molecule has 3 aromatic rings. The lowest BCUT2D eigenvalue weighted by atomic mass is 10.1. The van der Waals surface area contributed by atoms with Gasteiger partial charge in [-0.25, -0.2) is 4.79 Å². The number of aryl methyl sites for hydroxylation is 1. The number of hydrogen-bond donors (Lipinski definition) is 0. The number of methoxy groups -OCH3 is 1. The number of anilines is 1. The Morgan fingerprint density at radius 1 is 1.03 bits per heavy atom. The molecular weight excluding hydrogens is 531 g/mol. The molecule has 0 aliphatic carbocycles. The Kier molecular flexibility index (Phi) is 6.60. The molecule has 0 N–H and O–H groups in total. The molecule has 0 saturated carbocycles. The lowest BCUT2D eigenvalue weighted by molar-refractivity contribution is -0.114. The van der Waals surface area contributed by atoms with E-state index in [4.69, 9.17) is 9.47 Å². The van der Waals surface area contributed by atoms with Crippen LogP contribution in [0, 0.1) is 10.5 Å². The minimum Gasteiger partial charge on any atom is -0.493 e. The van der Waals surface area contributed by atoms with E-state index in [9.17, 15) is 9.59 Å². The molecule has 1 amide bonds. The molecule has 4 rings (SSSR count). The highest BCUT2D eigenvalue weighted by Crippen LogP contribution is 2.36. The van der Waals surface area contributed by atoms with Crippen molar-refractivity contribution in [2.45, 2.75) is 13.8 Å². The van der Waals surface area contributed by atoms with Gasteiger partial charge in [-0.05, 0) is 84.5 Å². The molecule has 0 fully saturated rings. The van der Waals surface area contributed by atoms with Crippen molar-refractivity contribution in [2.24, 2.45) is 5.10 Å². The van der Waals surface area contributed by atoms with Gasteiger partial charge in [0, 0.05) is 0 Å². The maximum atomic E-state index is 13.1. The molecule has 6 nitrogen and oxygen atoms in total. The van der Waals surface area contributed by atoms with Gasteiger partial charge in [-0.15, -0.1) is 0 Å². The standard InChI is InChI=1S/C26H21IN2O4/c1-16-9-11-20(12-10-16)29-25(30)21(17(2)28-29)13-18-14-22(27)24(23(15-18)32-3)33-26(31)19-7-5-4-6-8-19/h4-15H,1-3H3/b21-13+. The summed E-state index contributed by atoms with van der Waals surface area (Å²) in [6.45, 7) is 3.79. The van der Waals surface area contributed by atoms with Gasteiger partial charge in [0.1, 0.15) is 0 Å². The first-order chi connectivity index (χ1) is 15.9. The monoisotopic (exact) mass is 552 g/mol. The minimum absolute atomic E-state index is 0.204. The van der Waals surface area contributed by atoms with Crippen molar-refractivity contribution in [3.05, 3.63) is 92.6 Å². The zero-order chi connectivity index (χ0) is 23.5. The van der Waals surface area contributed by atoms with E-state index in [1.807, 2.05) is 43.3 Å². The Hall–Kier alpha value is -3.46. The van der Waals surface area contributed by atoms with Gasteiger partial charge in [0.05, 0.1) is 33.2 Å². The van der Waals surface area contributed by atoms with E-state index in [0.717, 1.165) is 11.1 Å². The fraction of sp³-hybridized carbons (Fsp3) is 0.115. The molecule has 0 spiro atoms. The molecule has 1 aliphatic rings. The van der Waals surface area contributed by atoms with E-state index in [1.165, 1.54) is 12.1 Å². The summed E-state index contributed by atoms with van der Waals surface area (Å²) in [4.78, 5) is 25.6. The molecular formula is C26H21IN2O4. The molecule has 0 aromatic heterocycles. The minimum atomic E-state index is -0.472. The Morgan fingerprint density at radius 3 is 2.39 bits per heavy atom. The Balaban J connectivity index is 1.63. The van der Waals surface area contributed by atoms with Crippen LogP contribution in [0.5, 0.6) is 11.5 Å². The number of ether oxygens (including phenoxy) is 2. The number of benzene rings is 3. The molecule has 3 aromatic carbocycles. The highest BCUT2D eigenvalue weighted by molar-refractivity contribution is 14.1. The topological polar surface area (TPSA) is 68.2 Å². The van der Waals surface area contributed by atoms with Crippen LogP contribution in [-0.4, -0.2) is 24.7 Å². The number of carbonyl (C=O) groups is 2. The number of hydrogen-bond acceptors (Lipinski definition) is 5. The lowest BCUT2D eigenvalue weighted by Gasteiger charge is -2.13. The van der Waals surface area contributed by atoms with E-state index in [1.54, 1.807) is 43.3 Å². The molecule has 0 saturated heterocycles. The molecule has 0 bridgehead atoms. The van der Waals surface area contributed by atoms with E-state index in [2.05, 4.69) is 27.7 Å². The second kappa shape index (κ2) is 9.58. The summed E-state index contributed by atoms with van der Waals surface area (Å²) in [5, 5.41) is 5.83. The van der Waals surface area contributed by atoms with Gasteiger partial charge in [0.25, 0.3) is 5.91 Å². The summed E-state index contributed by atoms with van der Waals surface area (Å²) in [5.41, 5.74) is 4.11. The molecule has 1 heterocycles. The highest BCUT2D eigenvalue weighted by atomic mass is 127. The first-order valence-corrected chi connectivity index (χ1v) is 11.3. The predicted molar refractivity (Wildman–Crippen MR) is 137 cm³/mol. The zero-order valence-electron chi connectivity index (χ0n) is 18.3. The number of carbonyl (C=O) groups excluding carboxylic acids is 2. The zero-order valence-corrected chi connectivity index (χ0v) is 20.5. The van der Waals surface area contributed by atoms with Crippen LogP contribution in [0.1, 0.15) is 28.4 Å². The van der Waals surface area contributed by atoms with Gasteiger partial charge in [-0.1, -0.05) is 35.9 Å². The second-order valence-electron chi connectivity index (χ2n) is 7.49. The number of amides is 1. The molecule has 0 radical (unpaired) electrons. The van der Waals surface area contributed by atoms with E-state index >= 15 is 0 Å². The summed E-state index contributed by atoms with van der Waals surface area (Å²) in [6, 6.07) is 19.9. The second-order valence-corrected chi connectivity index (χ2v) is 8.65. The normalized spacial score (nSPS) is 14.4. The molecule has 0 atom stereocenters. The third-order valence-electron chi connectivity index (χ3n) is 5.11. The molecule has 166 valence electrons. The van der Waals surface area contributed by atoms with Crippen molar-refractivity contribution >= 4 is 51.9 Å². The van der Waals surface area contributed by atoms with Crippen LogP contribution in [0.4, 0.5) is 5.69 Å². The van der Waals surface area contributed by atoms with Gasteiger partial charge < -0.3 is 9.47 Å². The average Bonchev–Trinajstić information content (AvgIpc) is 3.09. The van der Waals surface area contributed by atoms with Crippen molar-refractivity contribution < 1.29 is 19.1 Å². The number of esters is 1. The van der Waals surface area contributed by atoms with Crippen LogP contribution in [-0.2, 0) is 4.79 Å². The Labute approximate surface area is 205 Å². The van der Waals surface area contributed by atoms with Gasteiger partial charge in [-0.3, -0.25) is 4.79 Å². The van der Waals surface area contributed by atoms with Crippen LogP contribution >= 0.6 is 22.6 Å².